The number of benzene rings is 2. The van der Waals surface area contributed by atoms with Gasteiger partial charge in [-0.3, -0.25) is 19.7 Å². The van der Waals surface area contributed by atoms with Gasteiger partial charge in [-0.15, -0.1) is 0 Å². The van der Waals surface area contributed by atoms with Crippen molar-refractivity contribution in [3.63, 3.8) is 0 Å². The van der Waals surface area contributed by atoms with Crippen molar-refractivity contribution in [2.75, 3.05) is 6.54 Å². The Kier molecular flexibility index (Phi) is 7.87. The lowest BCUT2D eigenvalue weighted by Gasteiger charge is -2.35. The maximum absolute atomic E-state index is 12.8. The minimum absolute atomic E-state index is 0.0857. The van der Waals surface area contributed by atoms with Gasteiger partial charge >= 0.3 is 0 Å². The molecule has 1 amide bonds. The fraction of sp³-hybridized carbons (Fsp3) is 0.294. The number of hydrogen-bond donors (Lipinski definition) is 2. The normalized spacial score (nSPS) is 14.8. The molecule has 7 nitrogen and oxygen atoms in total. The molecule has 0 radical (unpaired) electrons. The van der Waals surface area contributed by atoms with E-state index in [4.69, 9.17) is 9.97 Å². The summed E-state index contributed by atoms with van der Waals surface area (Å²) in [4.78, 5) is 32.8. The molecule has 0 spiro atoms. The molecule has 6 rings (SSSR count). The first-order valence-corrected chi connectivity index (χ1v) is 14.4. The zero-order chi connectivity index (χ0) is 28.2. The Hall–Kier alpha value is -4.36. The molecule has 7 heteroatoms. The molecule has 0 saturated carbocycles. The van der Waals surface area contributed by atoms with Gasteiger partial charge in [-0.05, 0) is 79.6 Å². The molecule has 0 bridgehead atoms. The summed E-state index contributed by atoms with van der Waals surface area (Å²) < 4.78 is 0. The molecule has 0 aliphatic heterocycles. The van der Waals surface area contributed by atoms with E-state index in [-0.39, 0.29) is 11.9 Å². The van der Waals surface area contributed by atoms with Crippen molar-refractivity contribution in [3.8, 4) is 0 Å². The molecule has 1 aliphatic rings. The van der Waals surface area contributed by atoms with Crippen molar-refractivity contribution in [2.24, 2.45) is 0 Å². The van der Waals surface area contributed by atoms with Gasteiger partial charge < -0.3 is 10.3 Å². The van der Waals surface area contributed by atoms with Gasteiger partial charge in [0.15, 0.2) is 0 Å². The van der Waals surface area contributed by atoms with E-state index in [1.807, 2.05) is 44.3 Å². The molecule has 0 saturated heterocycles. The van der Waals surface area contributed by atoms with Gasteiger partial charge in [0.05, 0.1) is 34.0 Å². The van der Waals surface area contributed by atoms with Gasteiger partial charge in [-0.1, -0.05) is 42.5 Å². The third-order valence-electron chi connectivity index (χ3n) is 8.12. The third kappa shape index (κ3) is 6.05. The summed E-state index contributed by atoms with van der Waals surface area (Å²) in [5.74, 6) is 0.927. The highest BCUT2D eigenvalue weighted by atomic mass is 16.1. The molecule has 0 fully saturated rings. The average molecular weight is 545 g/mol. The number of aromatic amines is 1. The lowest BCUT2D eigenvalue weighted by molar-refractivity contribution is 0.0949. The van der Waals surface area contributed by atoms with Crippen LogP contribution in [0.2, 0.25) is 0 Å². The molecular formula is C34H36N6O. The van der Waals surface area contributed by atoms with Gasteiger partial charge in [0, 0.05) is 38.4 Å². The van der Waals surface area contributed by atoms with Crippen LogP contribution in [0.5, 0.6) is 0 Å². The Morgan fingerprint density at radius 3 is 2.63 bits per heavy atom. The van der Waals surface area contributed by atoms with Crippen LogP contribution in [0, 0.1) is 13.8 Å². The van der Waals surface area contributed by atoms with Gasteiger partial charge in [0.25, 0.3) is 5.91 Å². The van der Waals surface area contributed by atoms with Gasteiger partial charge in [0.1, 0.15) is 5.82 Å². The molecule has 3 aromatic heterocycles. The fourth-order valence-electron chi connectivity index (χ4n) is 5.96. The number of nitrogens with one attached hydrogen (secondary N) is 2. The quantitative estimate of drug-likeness (QED) is 0.237. The number of rotatable bonds is 9. The number of aryl methyl sites for hydroxylation is 3. The largest absolute Gasteiger partial charge is 0.348 e. The molecule has 2 aromatic carbocycles. The monoisotopic (exact) mass is 544 g/mol. The molecule has 2 N–H and O–H groups in total. The van der Waals surface area contributed by atoms with E-state index >= 15 is 0 Å². The van der Waals surface area contributed by atoms with Crippen molar-refractivity contribution in [1.82, 2.24) is 30.2 Å². The first-order chi connectivity index (χ1) is 20.0. The lowest BCUT2D eigenvalue weighted by atomic mass is 9.90. The number of hydrogen-bond acceptors (Lipinski definition) is 5. The number of H-pyrrole nitrogens is 1. The number of fused-ring (bicyclic) bond motifs is 2. The SMILES string of the molecule is Cc1ccnc(C)c1C(=O)NCc1ccc(CN(CCc2nc3ccccc3[nH]2)C2CCCc3cccnc32)cc1. The highest BCUT2D eigenvalue weighted by Gasteiger charge is 2.27. The summed E-state index contributed by atoms with van der Waals surface area (Å²) in [6.07, 6.45) is 7.86. The van der Waals surface area contributed by atoms with Crippen LogP contribution < -0.4 is 5.32 Å². The zero-order valence-corrected chi connectivity index (χ0v) is 23.7. The highest BCUT2D eigenvalue weighted by Crippen LogP contribution is 2.34. The van der Waals surface area contributed by atoms with Gasteiger partial charge in [-0.25, -0.2) is 4.98 Å². The molecule has 3 heterocycles. The van der Waals surface area contributed by atoms with Crippen LogP contribution in [-0.2, 0) is 25.9 Å². The Balaban J connectivity index is 1.17. The standard InChI is InChI=1S/C34H36N6O/c1-23-16-19-35-24(2)32(23)34(41)37-21-25-12-14-26(15-13-25)22-40(30-11-5-7-27-8-6-18-36-33(27)30)20-17-31-38-28-9-3-4-10-29(28)39-31/h3-4,6,8-10,12-16,18-19,30H,5,7,11,17,20-22H2,1-2H3,(H,37,41)(H,38,39). The smallest absolute Gasteiger partial charge is 0.253 e. The van der Waals surface area contributed by atoms with Gasteiger partial charge in [-0.2, -0.15) is 0 Å². The highest BCUT2D eigenvalue weighted by molar-refractivity contribution is 5.96. The molecular weight excluding hydrogens is 508 g/mol. The number of carbonyl (C=O) groups excluding carboxylic acids is 1. The van der Waals surface area contributed by atoms with E-state index < -0.39 is 0 Å². The Bertz CT molecular complexity index is 1600. The van der Waals surface area contributed by atoms with E-state index in [0.717, 1.165) is 66.0 Å². The minimum Gasteiger partial charge on any atom is -0.348 e. The molecule has 5 aromatic rings. The molecule has 1 unspecified atom stereocenters. The van der Waals surface area contributed by atoms with E-state index in [0.29, 0.717) is 12.1 Å². The molecule has 1 aliphatic carbocycles. The van der Waals surface area contributed by atoms with Crippen LogP contribution in [0.1, 0.15) is 68.7 Å². The molecule has 1 atom stereocenters. The van der Waals surface area contributed by atoms with Crippen LogP contribution in [-0.4, -0.2) is 37.3 Å². The number of para-hydroxylation sites is 2. The molecule has 41 heavy (non-hydrogen) atoms. The van der Waals surface area contributed by atoms with Crippen LogP contribution in [0.4, 0.5) is 0 Å². The van der Waals surface area contributed by atoms with Crippen molar-refractivity contribution < 1.29 is 4.79 Å². The second-order valence-electron chi connectivity index (χ2n) is 11.0. The van der Waals surface area contributed by atoms with Crippen molar-refractivity contribution >= 4 is 16.9 Å². The van der Waals surface area contributed by atoms with E-state index in [2.05, 4.69) is 62.6 Å². The summed E-state index contributed by atoms with van der Waals surface area (Å²) in [7, 11) is 0. The Morgan fingerprint density at radius 1 is 0.976 bits per heavy atom. The second-order valence-corrected chi connectivity index (χ2v) is 11.0. The Morgan fingerprint density at radius 2 is 1.80 bits per heavy atom. The van der Waals surface area contributed by atoms with Crippen LogP contribution in [0.25, 0.3) is 11.0 Å². The molecule has 208 valence electrons. The van der Waals surface area contributed by atoms with Crippen molar-refractivity contribution in [2.45, 2.75) is 58.7 Å². The maximum atomic E-state index is 12.8. The maximum Gasteiger partial charge on any atom is 0.253 e. The lowest BCUT2D eigenvalue weighted by Crippen LogP contribution is -2.33. The third-order valence-corrected chi connectivity index (χ3v) is 8.12. The number of nitrogens with zero attached hydrogens (tertiary/aromatic N) is 4. The van der Waals surface area contributed by atoms with Gasteiger partial charge in [0.2, 0.25) is 0 Å². The number of carbonyl (C=O) groups is 1. The summed E-state index contributed by atoms with van der Waals surface area (Å²) in [5.41, 5.74) is 9.32. The first-order valence-electron chi connectivity index (χ1n) is 14.4. The fourth-order valence-corrected chi connectivity index (χ4v) is 5.96. The van der Waals surface area contributed by atoms with E-state index in [9.17, 15) is 4.79 Å². The number of pyridine rings is 2. The summed E-state index contributed by atoms with van der Waals surface area (Å²) >= 11 is 0. The summed E-state index contributed by atoms with van der Waals surface area (Å²) in [6.45, 7) is 5.99. The van der Waals surface area contributed by atoms with Crippen molar-refractivity contribution in [1.29, 1.82) is 0 Å². The Labute approximate surface area is 241 Å². The minimum atomic E-state index is -0.0857. The second kappa shape index (κ2) is 12.0. The van der Waals surface area contributed by atoms with Crippen LogP contribution in [0.15, 0.2) is 79.1 Å². The summed E-state index contributed by atoms with van der Waals surface area (Å²) in [5, 5.41) is 3.06. The average Bonchev–Trinajstić information content (AvgIpc) is 3.42. The van der Waals surface area contributed by atoms with E-state index in [1.165, 1.54) is 23.2 Å². The van der Waals surface area contributed by atoms with E-state index in [1.54, 1.807) is 6.20 Å². The number of imidazole rings is 1. The predicted molar refractivity (Wildman–Crippen MR) is 161 cm³/mol. The van der Waals surface area contributed by atoms with Crippen molar-refractivity contribution in [3.05, 3.63) is 124 Å². The predicted octanol–water partition coefficient (Wildman–Crippen LogP) is 6.02. The van der Waals surface area contributed by atoms with Crippen LogP contribution >= 0.6 is 0 Å². The number of amides is 1. The summed E-state index contributed by atoms with van der Waals surface area (Å²) in [6, 6.07) is 23.2. The van der Waals surface area contributed by atoms with Crippen LogP contribution in [0.3, 0.4) is 0 Å². The first kappa shape index (κ1) is 26.8. The zero-order valence-electron chi connectivity index (χ0n) is 23.7. The number of aromatic nitrogens is 4. The topological polar surface area (TPSA) is 86.8 Å².